The van der Waals surface area contributed by atoms with Crippen LogP contribution in [0.25, 0.3) is 21.9 Å². The molecular weight excluding hydrogens is 349 g/mol. The van der Waals surface area contributed by atoms with Crippen molar-refractivity contribution in [2.45, 2.75) is 13.3 Å². The number of fused-ring (bicyclic) bond motifs is 3. The lowest BCUT2D eigenvalue weighted by Crippen LogP contribution is -2.08. The highest BCUT2D eigenvalue weighted by molar-refractivity contribution is 6.11. The quantitative estimate of drug-likeness (QED) is 0.744. The number of nitriles is 1. The Labute approximate surface area is 154 Å². The van der Waals surface area contributed by atoms with Crippen molar-refractivity contribution >= 4 is 16.7 Å². The van der Waals surface area contributed by atoms with E-state index in [9.17, 15) is 19.6 Å². The predicted molar refractivity (Wildman–Crippen MR) is 96.5 cm³/mol. The Hall–Kier alpha value is -3.59. The molecule has 134 valence electrons. The number of hydrogen-bond donors (Lipinski definition) is 1. The smallest absolute Gasteiger partial charge is 0.336 e. The van der Waals surface area contributed by atoms with Crippen molar-refractivity contribution in [1.82, 2.24) is 0 Å². The zero-order valence-electron chi connectivity index (χ0n) is 14.4. The predicted octanol–water partition coefficient (Wildman–Crippen LogP) is 4.45. The Bertz CT molecular complexity index is 1130. The van der Waals surface area contributed by atoms with Gasteiger partial charge in [-0.25, -0.2) is 9.18 Å². The normalized spacial score (nSPS) is 12.2. The van der Waals surface area contributed by atoms with Crippen LogP contribution >= 0.6 is 0 Å². The second-order valence-electron chi connectivity index (χ2n) is 6.22. The lowest BCUT2D eigenvalue weighted by molar-refractivity contribution is 0.0695. The van der Waals surface area contributed by atoms with Gasteiger partial charge >= 0.3 is 5.97 Å². The van der Waals surface area contributed by atoms with Crippen molar-refractivity contribution in [2.75, 3.05) is 6.79 Å². The van der Waals surface area contributed by atoms with Gasteiger partial charge in [0.15, 0.2) is 11.5 Å². The molecule has 0 aliphatic carbocycles. The van der Waals surface area contributed by atoms with E-state index in [1.165, 1.54) is 12.1 Å². The SMILES string of the molecule is Cc1c(C(=O)O)c(CC#N)c(-c2ccc(F)cc2)c2c3c(ccc12)OCO3. The molecule has 1 aliphatic rings. The van der Waals surface area contributed by atoms with E-state index in [-0.39, 0.29) is 18.8 Å². The average molecular weight is 363 g/mol. The van der Waals surface area contributed by atoms with Crippen molar-refractivity contribution in [1.29, 1.82) is 5.26 Å². The number of halogens is 1. The highest BCUT2D eigenvalue weighted by Gasteiger charge is 2.27. The third-order valence-corrected chi connectivity index (χ3v) is 4.77. The molecular formula is C21H14FNO4. The first kappa shape index (κ1) is 16.9. The molecule has 0 fully saturated rings. The molecule has 5 nitrogen and oxygen atoms in total. The Morgan fingerprint density at radius 3 is 2.63 bits per heavy atom. The maximum absolute atomic E-state index is 13.5. The summed E-state index contributed by atoms with van der Waals surface area (Å²) in [5, 5.41) is 20.5. The van der Waals surface area contributed by atoms with Crippen LogP contribution in [0.3, 0.4) is 0 Å². The first-order chi connectivity index (χ1) is 13.0. The number of ether oxygens (including phenoxy) is 2. The van der Waals surface area contributed by atoms with Gasteiger partial charge in [-0.15, -0.1) is 0 Å². The molecule has 0 radical (unpaired) electrons. The molecule has 0 saturated heterocycles. The topological polar surface area (TPSA) is 79.5 Å². The van der Waals surface area contributed by atoms with Crippen molar-refractivity contribution in [3.63, 3.8) is 0 Å². The van der Waals surface area contributed by atoms with Gasteiger partial charge in [0.05, 0.1) is 18.1 Å². The van der Waals surface area contributed by atoms with Gasteiger partial charge in [-0.3, -0.25) is 0 Å². The number of carbonyl (C=O) groups is 1. The summed E-state index contributed by atoms with van der Waals surface area (Å²) in [6.07, 6.45) is -0.102. The number of aryl methyl sites for hydroxylation is 1. The molecule has 1 N–H and O–H groups in total. The molecule has 6 heteroatoms. The summed E-state index contributed by atoms with van der Waals surface area (Å²) in [6.45, 7) is 1.77. The summed E-state index contributed by atoms with van der Waals surface area (Å²) in [4.78, 5) is 12.0. The summed E-state index contributed by atoms with van der Waals surface area (Å²) in [7, 11) is 0. The second kappa shape index (κ2) is 6.29. The van der Waals surface area contributed by atoms with E-state index in [1.807, 2.05) is 0 Å². The fraction of sp³-hybridized carbons (Fsp3) is 0.143. The van der Waals surface area contributed by atoms with E-state index < -0.39 is 11.8 Å². The number of hydrogen-bond acceptors (Lipinski definition) is 4. The maximum Gasteiger partial charge on any atom is 0.336 e. The van der Waals surface area contributed by atoms with Crippen molar-refractivity contribution in [3.05, 3.63) is 58.9 Å². The number of benzene rings is 3. The largest absolute Gasteiger partial charge is 0.478 e. The first-order valence-electron chi connectivity index (χ1n) is 8.27. The molecule has 1 aliphatic heterocycles. The Kier molecular flexibility index (Phi) is 3.93. The molecule has 1 heterocycles. The Balaban J connectivity index is 2.23. The maximum atomic E-state index is 13.5. The minimum atomic E-state index is -1.11. The van der Waals surface area contributed by atoms with Gasteiger partial charge in [0.1, 0.15) is 5.82 Å². The number of nitrogens with zero attached hydrogens (tertiary/aromatic N) is 1. The molecule has 0 atom stereocenters. The Morgan fingerprint density at radius 2 is 1.96 bits per heavy atom. The lowest BCUT2D eigenvalue weighted by Gasteiger charge is -2.19. The highest BCUT2D eigenvalue weighted by atomic mass is 19.1. The number of carboxylic acid groups (broad SMARTS) is 1. The van der Waals surface area contributed by atoms with E-state index in [0.717, 1.165) is 0 Å². The van der Waals surface area contributed by atoms with Gasteiger partial charge in [-0.05, 0) is 52.8 Å². The Morgan fingerprint density at radius 1 is 1.22 bits per heavy atom. The highest BCUT2D eigenvalue weighted by Crippen LogP contribution is 2.47. The van der Waals surface area contributed by atoms with Gasteiger partial charge in [0.25, 0.3) is 0 Å². The van der Waals surface area contributed by atoms with Gasteiger partial charge in [0.2, 0.25) is 6.79 Å². The fourth-order valence-corrected chi connectivity index (χ4v) is 3.65. The van der Waals surface area contributed by atoms with Crippen LogP contribution in [0.1, 0.15) is 21.5 Å². The van der Waals surface area contributed by atoms with E-state index in [0.29, 0.717) is 44.5 Å². The van der Waals surface area contributed by atoms with Crippen LogP contribution in [0.2, 0.25) is 0 Å². The van der Waals surface area contributed by atoms with Crippen LogP contribution in [-0.2, 0) is 6.42 Å². The standard InChI is InChI=1S/C21H14FNO4/c1-11-14-6-7-16-20(27-10-26-16)19(14)18(12-2-4-13(22)5-3-12)15(8-9-23)17(11)21(24)25/h2-7H,8,10H2,1H3,(H,24,25). The van der Waals surface area contributed by atoms with Crippen LogP contribution in [0.15, 0.2) is 36.4 Å². The molecule has 3 aromatic carbocycles. The van der Waals surface area contributed by atoms with Crippen molar-refractivity contribution in [3.8, 4) is 28.7 Å². The van der Waals surface area contributed by atoms with E-state index in [2.05, 4.69) is 6.07 Å². The summed E-state index contributed by atoms with van der Waals surface area (Å²) in [6, 6.07) is 11.3. The molecule has 0 bridgehead atoms. The van der Waals surface area contributed by atoms with Crippen LogP contribution in [-0.4, -0.2) is 17.9 Å². The van der Waals surface area contributed by atoms with Crippen LogP contribution in [0.5, 0.6) is 11.5 Å². The van der Waals surface area contributed by atoms with Crippen molar-refractivity contribution in [2.24, 2.45) is 0 Å². The van der Waals surface area contributed by atoms with E-state index in [1.54, 1.807) is 31.2 Å². The van der Waals surface area contributed by atoms with Gasteiger partial charge < -0.3 is 14.6 Å². The summed E-state index contributed by atoms with van der Waals surface area (Å²) in [5.41, 5.74) is 2.18. The summed E-state index contributed by atoms with van der Waals surface area (Å²) in [5.74, 6) is -0.455. The minimum absolute atomic E-state index is 0.0601. The second-order valence-corrected chi connectivity index (χ2v) is 6.22. The zero-order valence-corrected chi connectivity index (χ0v) is 14.4. The van der Waals surface area contributed by atoms with Crippen LogP contribution in [0.4, 0.5) is 4.39 Å². The fourth-order valence-electron chi connectivity index (χ4n) is 3.65. The van der Waals surface area contributed by atoms with Crippen LogP contribution in [0, 0.1) is 24.1 Å². The van der Waals surface area contributed by atoms with Gasteiger partial charge in [-0.2, -0.15) is 5.26 Å². The number of carboxylic acids is 1. The molecule has 0 amide bonds. The molecule has 3 aromatic rings. The van der Waals surface area contributed by atoms with Gasteiger partial charge in [-0.1, -0.05) is 18.2 Å². The minimum Gasteiger partial charge on any atom is -0.478 e. The lowest BCUT2D eigenvalue weighted by atomic mass is 9.84. The molecule has 0 unspecified atom stereocenters. The number of rotatable bonds is 3. The first-order valence-corrected chi connectivity index (χ1v) is 8.27. The summed E-state index contributed by atoms with van der Waals surface area (Å²) >= 11 is 0. The van der Waals surface area contributed by atoms with E-state index in [4.69, 9.17) is 9.47 Å². The average Bonchev–Trinajstić information content (AvgIpc) is 3.12. The molecule has 4 rings (SSSR count). The zero-order chi connectivity index (χ0) is 19.1. The third-order valence-electron chi connectivity index (χ3n) is 4.77. The third kappa shape index (κ3) is 2.56. The number of aromatic carboxylic acids is 1. The molecule has 0 aromatic heterocycles. The van der Waals surface area contributed by atoms with E-state index >= 15 is 0 Å². The molecule has 27 heavy (non-hydrogen) atoms. The molecule has 0 saturated carbocycles. The van der Waals surface area contributed by atoms with Crippen molar-refractivity contribution < 1.29 is 23.8 Å². The molecule has 0 spiro atoms. The summed E-state index contributed by atoms with van der Waals surface area (Å²) < 4.78 is 24.6. The monoisotopic (exact) mass is 363 g/mol. The van der Waals surface area contributed by atoms with Crippen LogP contribution < -0.4 is 9.47 Å². The van der Waals surface area contributed by atoms with Gasteiger partial charge in [0, 0.05) is 5.39 Å².